The van der Waals surface area contributed by atoms with Gasteiger partial charge >= 0.3 is 0 Å². The van der Waals surface area contributed by atoms with Crippen LogP contribution in [-0.2, 0) is 5.41 Å². The van der Waals surface area contributed by atoms with Crippen molar-refractivity contribution in [1.82, 2.24) is 0 Å². The van der Waals surface area contributed by atoms with E-state index in [1.54, 1.807) is 0 Å². The normalized spacial score (nSPS) is 14.0. The molecule has 8 rings (SSSR count). The van der Waals surface area contributed by atoms with Crippen LogP contribution in [0.1, 0.15) is 36.1 Å². The smallest absolute Gasteiger partial charge is 0.0332 e. The van der Waals surface area contributed by atoms with Gasteiger partial charge in [-0.25, -0.2) is 0 Å². The van der Waals surface area contributed by atoms with Crippen molar-refractivity contribution in [3.8, 4) is 11.1 Å². The van der Waals surface area contributed by atoms with Crippen molar-refractivity contribution in [2.45, 2.75) is 19.3 Å². The molecule has 190 valence electrons. The van der Waals surface area contributed by atoms with Gasteiger partial charge in [0, 0.05) is 9.89 Å². The third-order valence-corrected chi connectivity index (χ3v) is 9.75. The molecule has 0 fully saturated rings. The third-order valence-electron chi connectivity index (χ3n) is 8.89. The minimum absolute atomic E-state index is 0.102. The highest BCUT2D eigenvalue weighted by atomic mass is 79.9. The Hall–Kier alpha value is -4.20. The molecule has 40 heavy (non-hydrogen) atoms. The summed E-state index contributed by atoms with van der Waals surface area (Å²) in [7, 11) is 0. The molecule has 0 saturated heterocycles. The number of fused-ring (bicyclic) bond motifs is 10. The van der Waals surface area contributed by atoms with Crippen LogP contribution < -0.4 is 0 Å². The van der Waals surface area contributed by atoms with Gasteiger partial charge in [0.15, 0.2) is 0 Å². The highest BCUT2D eigenvalue weighted by molar-refractivity contribution is 9.10. The topological polar surface area (TPSA) is 0 Å². The Morgan fingerprint density at radius 3 is 1.65 bits per heavy atom. The Morgan fingerprint density at radius 2 is 1.02 bits per heavy atom. The Labute approximate surface area is 242 Å². The zero-order valence-electron chi connectivity index (χ0n) is 22.5. The van der Waals surface area contributed by atoms with Gasteiger partial charge in [0.25, 0.3) is 0 Å². The van der Waals surface area contributed by atoms with E-state index in [0.29, 0.717) is 0 Å². The van der Waals surface area contributed by atoms with E-state index in [0.717, 1.165) is 4.47 Å². The Balaban J connectivity index is 1.33. The quantitative estimate of drug-likeness (QED) is 0.109. The Kier molecular flexibility index (Phi) is 5.12. The van der Waals surface area contributed by atoms with Crippen molar-refractivity contribution in [2.75, 3.05) is 0 Å². The minimum atomic E-state index is -0.102. The molecule has 0 bridgehead atoms. The van der Waals surface area contributed by atoms with Gasteiger partial charge in [-0.1, -0.05) is 141 Å². The average Bonchev–Trinajstić information content (AvgIpc) is 3.24. The molecule has 0 aromatic heterocycles. The van der Waals surface area contributed by atoms with E-state index < -0.39 is 0 Å². The number of rotatable bonds is 2. The molecule has 0 heterocycles. The van der Waals surface area contributed by atoms with Gasteiger partial charge in [-0.15, -0.1) is 0 Å². The van der Waals surface area contributed by atoms with E-state index in [1.165, 1.54) is 76.5 Å². The largest absolute Gasteiger partial charge is 0.0616 e. The van der Waals surface area contributed by atoms with Gasteiger partial charge in [0.2, 0.25) is 0 Å². The minimum Gasteiger partial charge on any atom is -0.0616 e. The van der Waals surface area contributed by atoms with Crippen LogP contribution in [0.4, 0.5) is 0 Å². The lowest BCUT2D eigenvalue weighted by Crippen LogP contribution is -2.15. The summed E-state index contributed by atoms with van der Waals surface area (Å²) >= 11 is 3.88. The number of hydrogen-bond acceptors (Lipinski definition) is 0. The molecule has 0 N–H and O–H groups in total. The third kappa shape index (κ3) is 3.25. The maximum atomic E-state index is 3.88. The first kappa shape index (κ1) is 23.7. The fourth-order valence-electron chi connectivity index (χ4n) is 7.07. The van der Waals surface area contributed by atoms with E-state index in [1.807, 2.05) is 0 Å². The molecule has 0 spiro atoms. The predicted molar refractivity (Wildman–Crippen MR) is 177 cm³/mol. The number of hydrogen-bond donors (Lipinski definition) is 0. The molecule has 0 amide bonds. The molecular weight excluding hydrogens is 548 g/mol. The number of benzene rings is 7. The summed E-state index contributed by atoms with van der Waals surface area (Å²) in [6.07, 6.45) is 4.59. The molecule has 0 nitrogen and oxygen atoms in total. The van der Waals surface area contributed by atoms with E-state index in [9.17, 15) is 0 Å². The van der Waals surface area contributed by atoms with Crippen molar-refractivity contribution in [3.05, 3.63) is 142 Å². The zero-order valence-corrected chi connectivity index (χ0v) is 24.1. The Bertz CT molecular complexity index is 2140. The van der Waals surface area contributed by atoms with Gasteiger partial charge in [-0.2, -0.15) is 0 Å². The standard InChI is InChI=1S/C39H27Br/c1-39(2)35-23-24(19-21-29-27-13-5-9-17-32(27)38(40)33-18-10-6-14-28(29)33)20-22-34(35)36-30-15-7-3-11-25(30)26-12-4-8-16-31(26)37(36)39/h3-23H,1-2H3/b21-19+. The lowest BCUT2D eigenvalue weighted by Gasteiger charge is -2.24. The lowest BCUT2D eigenvalue weighted by molar-refractivity contribution is 0.666. The van der Waals surface area contributed by atoms with Crippen molar-refractivity contribution in [3.63, 3.8) is 0 Å². The van der Waals surface area contributed by atoms with E-state index in [4.69, 9.17) is 0 Å². The van der Waals surface area contributed by atoms with Crippen LogP contribution in [-0.4, -0.2) is 0 Å². The van der Waals surface area contributed by atoms with E-state index >= 15 is 0 Å². The van der Waals surface area contributed by atoms with Crippen LogP contribution >= 0.6 is 15.9 Å². The fourth-order valence-corrected chi connectivity index (χ4v) is 7.77. The summed E-state index contributed by atoms with van der Waals surface area (Å²) in [5, 5.41) is 10.4. The van der Waals surface area contributed by atoms with E-state index in [2.05, 4.69) is 157 Å². The van der Waals surface area contributed by atoms with Crippen molar-refractivity contribution >= 4 is 71.2 Å². The first-order valence-corrected chi connectivity index (χ1v) is 14.7. The highest BCUT2D eigenvalue weighted by Crippen LogP contribution is 2.54. The maximum absolute atomic E-state index is 3.88. The van der Waals surface area contributed by atoms with Crippen LogP contribution in [0.2, 0.25) is 0 Å². The summed E-state index contributed by atoms with van der Waals surface area (Å²) in [6.45, 7) is 4.78. The molecule has 0 unspecified atom stereocenters. The summed E-state index contributed by atoms with van der Waals surface area (Å²) in [4.78, 5) is 0. The van der Waals surface area contributed by atoms with Crippen LogP contribution in [0, 0.1) is 0 Å². The van der Waals surface area contributed by atoms with Crippen LogP contribution in [0.3, 0.4) is 0 Å². The fraction of sp³-hybridized carbons (Fsp3) is 0.0769. The second-order valence-electron chi connectivity index (χ2n) is 11.4. The SMILES string of the molecule is CC1(C)c2cc(/C=C/c3c4ccccc4c(Br)c4ccccc34)ccc2-c2c1c1ccccc1c1ccccc21. The highest BCUT2D eigenvalue weighted by Gasteiger charge is 2.38. The molecule has 0 radical (unpaired) electrons. The average molecular weight is 576 g/mol. The molecule has 0 aliphatic heterocycles. The van der Waals surface area contributed by atoms with Gasteiger partial charge < -0.3 is 0 Å². The Morgan fingerprint density at radius 1 is 0.525 bits per heavy atom. The molecular formula is C39H27Br. The van der Waals surface area contributed by atoms with E-state index in [-0.39, 0.29) is 5.41 Å². The molecule has 7 aromatic carbocycles. The molecule has 7 aromatic rings. The monoisotopic (exact) mass is 574 g/mol. The second kappa shape index (κ2) is 8.65. The second-order valence-corrected chi connectivity index (χ2v) is 12.2. The lowest BCUT2D eigenvalue weighted by atomic mass is 9.79. The molecule has 0 atom stereocenters. The van der Waals surface area contributed by atoms with Crippen molar-refractivity contribution < 1.29 is 0 Å². The maximum Gasteiger partial charge on any atom is 0.0332 e. The van der Waals surface area contributed by atoms with Gasteiger partial charge in [-0.3, -0.25) is 0 Å². The molecule has 1 aliphatic carbocycles. The molecule has 0 saturated carbocycles. The van der Waals surface area contributed by atoms with Crippen LogP contribution in [0.5, 0.6) is 0 Å². The summed E-state index contributed by atoms with van der Waals surface area (Å²) in [6, 6.07) is 42.2. The van der Waals surface area contributed by atoms with Gasteiger partial charge in [0.1, 0.15) is 0 Å². The van der Waals surface area contributed by atoms with Gasteiger partial charge in [0.05, 0.1) is 0 Å². The van der Waals surface area contributed by atoms with Gasteiger partial charge in [-0.05, 0) is 92.4 Å². The van der Waals surface area contributed by atoms with Crippen LogP contribution in [0.25, 0.3) is 66.4 Å². The first-order chi connectivity index (χ1) is 19.5. The van der Waals surface area contributed by atoms with Crippen molar-refractivity contribution in [2.24, 2.45) is 0 Å². The molecule has 1 heteroatoms. The summed E-state index contributed by atoms with van der Waals surface area (Å²) in [5.41, 5.74) is 7.99. The number of halogens is 1. The van der Waals surface area contributed by atoms with Crippen molar-refractivity contribution in [1.29, 1.82) is 0 Å². The predicted octanol–water partition coefficient (Wildman–Crippen LogP) is 11.5. The van der Waals surface area contributed by atoms with Crippen LogP contribution in [0.15, 0.2) is 120 Å². The molecule has 1 aliphatic rings. The summed E-state index contributed by atoms with van der Waals surface area (Å²) < 4.78 is 1.16. The zero-order chi connectivity index (χ0) is 27.0. The summed E-state index contributed by atoms with van der Waals surface area (Å²) in [5.74, 6) is 0. The first-order valence-electron chi connectivity index (χ1n) is 13.9.